The first-order valence-electron chi connectivity index (χ1n) is 8.17. The van der Waals surface area contributed by atoms with Gasteiger partial charge in [-0.2, -0.15) is 0 Å². The summed E-state index contributed by atoms with van der Waals surface area (Å²) < 4.78 is 0. The number of hydrogen-bond acceptors (Lipinski definition) is 3. The average molecular weight is 304 g/mol. The Morgan fingerprint density at radius 2 is 1.86 bits per heavy atom. The second kappa shape index (κ2) is 7.75. The fourth-order valence-electron chi connectivity index (χ4n) is 3.29. The summed E-state index contributed by atoms with van der Waals surface area (Å²) in [4.78, 5) is 13.7. The largest absolute Gasteiger partial charge is 0.387 e. The third-order valence-corrected chi connectivity index (χ3v) is 4.52. The number of carbonyl (C=O) groups excluding carboxylic acids is 1. The highest BCUT2D eigenvalue weighted by molar-refractivity contribution is 5.75. The fourth-order valence-corrected chi connectivity index (χ4v) is 3.29. The van der Waals surface area contributed by atoms with E-state index in [2.05, 4.69) is 42.3 Å². The molecule has 4 heteroatoms. The monoisotopic (exact) mass is 304 g/mol. The molecule has 0 aromatic heterocycles. The van der Waals surface area contributed by atoms with Crippen LogP contribution in [0.15, 0.2) is 18.2 Å². The Morgan fingerprint density at radius 1 is 1.27 bits per heavy atom. The van der Waals surface area contributed by atoms with Gasteiger partial charge in [-0.15, -0.1) is 0 Å². The molecular formula is C18H28N2O2. The number of aryl methyl sites for hydroxylation is 2. The van der Waals surface area contributed by atoms with Gasteiger partial charge in [0.1, 0.15) is 0 Å². The van der Waals surface area contributed by atoms with Crippen molar-refractivity contribution < 1.29 is 9.90 Å². The topological polar surface area (TPSA) is 52.6 Å². The number of aliphatic hydroxyl groups excluding tert-OH is 1. The lowest BCUT2D eigenvalue weighted by atomic mass is 9.92. The number of amides is 1. The number of piperidine rings is 1. The fraction of sp³-hybridized carbons (Fsp3) is 0.611. The Bertz CT molecular complexity index is 488. The second-order valence-electron chi connectivity index (χ2n) is 6.56. The minimum Gasteiger partial charge on any atom is -0.387 e. The highest BCUT2D eigenvalue weighted by Gasteiger charge is 2.23. The van der Waals surface area contributed by atoms with E-state index in [0.717, 1.165) is 31.5 Å². The van der Waals surface area contributed by atoms with E-state index < -0.39 is 6.10 Å². The van der Waals surface area contributed by atoms with Crippen molar-refractivity contribution in [1.29, 1.82) is 0 Å². The van der Waals surface area contributed by atoms with Gasteiger partial charge in [0, 0.05) is 20.0 Å². The molecule has 0 bridgehead atoms. The molecule has 122 valence electrons. The smallest absolute Gasteiger partial charge is 0.220 e. The van der Waals surface area contributed by atoms with Crippen molar-refractivity contribution in [3.05, 3.63) is 34.9 Å². The molecule has 1 aromatic carbocycles. The molecule has 4 nitrogen and oxygen atoms in total. The van der Waals surface area contributed by atoms with Crippen LogP contribution in [0.5, 0.6) is 0 Å². The summed E-state index contributed by atoms with van der Waals surface area (Å²) in [6.07, 6.45) is 2.26. The van der Waals surface area contributed by atoms with Gasteiger partial charge in [-0.3, -0.25) is 4.79 Å². The highest BCUT2D eigenvalue weighted by Crippen LogP contribution is 2.23. The summed E-state index contributed by atoms with van der Waals surface area (Å²) in [6.45, 7) is 6.73. The van der Waals surface area contributed by atoms with E-state index in [1.807, 2.05) is 0 Å². The lowest BCUT2D eigenvalue weighted by Crippen LogP contribution is -2.37. The van der Waals surface area contributed by atoms with Crippen LogP contribution in [0.2, 0.25) is 0 Å². The first-order chi connectivity index (χ1) is 10.5. The first kappa shape index (κ1) is 17.0. The zero-order valence-electron chi connectivity index (χ0n) is 13.9. The Hall–Kier alpha value is -1.39. The van der Waals surface area contributed by atoms with Crippen molar-refractivity contribution in [2.75, 3.05) is 26.7 Å². The number of benzene rings is 1. The number of rotatable bonds is 5. The van der Waals surface area contributed by atoms with Crippen molar-refractivity contribution in [3.8, 4) is 0 Å². The maximum atomic E-state index is 11.4. The summed E-state index contributed by atoms with van der Waals surface area (Å²) >= 11 is 0. The normalized spacial score (nSPS) is 18.2. The molecule has 1 unspecified atom stereocenters. The van der Waals surface area contributed by atoms with Gasteiger partial charge in [-0.25, -0.2) is 0 Å². The molecular weight excluding hydrogens is 276 g/mol. The van der Waals surface area contributed by atoms with Crippen LogP contribution in [0.1, 0.15) is 42.1 Å². The molecule has 0 spiro atoms. The zero-order valence-corrected chi connectivity index (χ0v) is 13.9. The van der Waals surface area contributed by atoms with E-state index in [1.54, 1.807) is 7.05 Å². The molecule has 1 aliphatic heterocycles. The van der Waals surface area contributed by atoms with Crippen LogP contribution in [-0.2, 0) is 4.79 Å². The average Bonchev–Trinajstić information content (AvgIpc) is 2.48. The maximum Gasteiger partial charge on any atom is 0.220 e. The van der Waals surface area contributed by atoms with E-state index >= 15 is 0 Å². The third-order valence-electron chi connectivity index (χ3n) is 4.52. The molecule has 2 rings (SSSR count). The standard InChI is InChI=1S/C18H28N2O2/c1-13-8-14(2)10-16(9-13)17(21)12-20-6-4-15(5-7-20)11-18(22)19-3/h8-10,15,17,21H,4-7,11-12H2,1-3H3,(H,19,22). The van der Waals surface area contributed by atoms with Gasteiger partial charge < -0.3 is 15.3 Å². The molecule has 1 heterocycles. The number of aliphatic hydroxyl groups is 1. The minimum atomic E-state index is -0.436. The van der Waals surface area contributed by atoms with Crippen molar-refractivity contribution in [1.82, 2.24) is 10.2 Å². The van der Waals surface area contributed by atoms with Crippen molar-refractivity contribution in [2.45, 2.75) is 39.2 Å². The van der Waals surface area contributed by atoms with Crippen LogP contribution >= 0.6 is 0 Å². The number of carbonyl (C=O) groups is 1. The number of nitrogens with zero attached hydrogens (tertiary/aromatic N) is 1. The zero-order chi connectivity index (χ0) is 16.1. The van der Waals surface area contributed by atoms with Gasteiger partial charge in [0.15, 0.2) is 0 Å². The Morgan fingerprint density at radius 3 is 2.41 bits per heavy atom. The van der Waals surface area contributed by atoms with Crippen LogP contribution in [0.25, 0.3) is 0 Å². The van der Waals surface area contributed by atoms with Crippen molar-refractivity contribution in [3.63, 3.8) is 0 Å². The quantitative estimate of drug-likeness (QED) is 0.877. The lowest BCUT2D eigenvalue weighted by Gasteiger charge is -2.33. The van der Waals surface area contributed by atoms with Gasteiger partial charge in [0.2, 0.25) is 5.91 Å². The molecule has 22 heavy (non-hydrogen) atoms. The molecule has 1 amide bonds. The molecule has 1 fully saturated rings. The third kappa shape index (κ3) is 4.82. The van der Waals surface area contributed by atoms with E-state index in [9.17, 15) is 9.90 Å². The molecule has 1 aromatic rings. The number of likely N-dealkylation sites (tertiary alicyclic amines) is 1. The van der Waals surface area contributed by atoms with Crippen LogP contribution in [0.3, 0.4) is 0 Å². The van der Waals surface area contributed by atoms with Gasteiger partial charge in [-0.05, 0) is 51.3 Å². The van der Waals surface area contributed by atoms with Gasteiger partial charge in [0.05, 0.1) is 6.10 Å². The Kier molecular flexibility index (Phi) is 5.98. The summed E-state index contributed by atoms with van der Waals surface area (Å²) in [7, 11) is 1.69. The predicted octanol–water partition coefficient (Wildman–Crippen LogP) is 2.18. The molecule has 0 radical (unpaired) electrons. The van der Waals surface area contributed by atoms with Crippen LogP contribution < -0.4 is 5.32 Å². The summed E-state index contributed by atoms with van der Waals surface area (Å²) in [5.74, 6) is 0.614. The SMILES string of the molecule is CNC(=O)CC1CCN(CC(O)c2cc(C)cc(C)c2)CC1. The number of hydrogen-bond donors (Lipinski definition) is 2. The van der Waals surface area contributed by atoms with E-state index in [1.165, 1.54) is 11.1 Å². The van der Waals surface area contributed by atoms with Crippen LogP contribution in [0, 0.1) is 19.8 Å². The van der Waals surface area contributed by atoms with Gasteiger partial charge in [-0.1, -0.05) is 29.3 Å². The Labute approximate surface area is 133 Å². The van der Waals surface area contributed by atoms with Crippen molar-refractivity contribution in [2.24, 2.45) is 5.92 Å². The minimum absolute atomic E-state index is 0.133. The predicted molar refractivity (Wildman–Crippen MR) is 88.7 cm³/mol. The Balaban J connectivity index is 1.83. The van der Waals surface area contributed by atoms with E-state index in [-0.39, 0.29) is 5.91 Å². The summed E-state index contributed by atoms with van der Waals surface area (Å²) in [5, 5.41) is 13.2. The molecule has 0 saturated carbocycles. The number of nitrogens with one attached hydrogen (secondary N) is 1. The lowest BCUT2D eigenvalue weighted by molar-refractivity contribution is -0.121. The molecule has 0 aliphatic carbocycles. The molecule has 1 aliphatic rings. The van der Waals surface area contributed by atoms with Crippen molar-refractivity contribution >= 4 is 5.91 Å². The van der Waals surface area contributed by atoms with Gasteiger partial charge >= 0.3 is 0 Å². The molecule has 1 atom stereocenters. The maximum absolute atomic E-state index is 11.4. The summed E-state index contributed by atoms with van der Waals surface area (Å²) in [5.41, 5.74) is 3.39. The highest BCUT2D eigenvalue weighted by atomic mass is 16.3. The van der Waals surface area contributed by atoms with E-state index in [0.29, 0.717) is 18.9 Å². The second-order valence-corrected chi connectivity index (χ2v) is 6.56. The van der Waals surface area contributed by atoms with Gasteiger partial charge in [0.25, 0.3) is 0 Å². The van der Waals surface area contributed by atoms with Crippen LogP contribution in [0.4, 0.5) is 0 Å². The first-order valence-corrected chi connectivity index (χ1v) is 8.17. The number of β-amino-alcohol motifs (C(OH)–C–C–N with tert-alkyl or cyclic N) is 1. The molecule has 1 saturated heterocycles. The molecule has 2 N–H and O–H groups in total. The van der Waals surface area contributed by atoms with E-state index in [4.69, 9.17) is 0 Å². The van der Waals surface area contributed by atoms with Crippen LogP contribution in [-0.4, -0.2) is 42.6 Å². The summed E-state index contributed by atoms with van der Waals surface area (Å²) in [6, 6.07) is 6.26.